The molecule has 0 fully saturated rings. The first kappa shape index (κ1) is 16.1. The molecule has 0 aliphatic carbocycles. The number of rotatable bonds is 3. The molecule has 0 heterocycles. The van der Waals surface area contributed by atoms with E-state index in [2.05, 4.69) is 26.6 Å². The average Bonchev–Trinajstić information content (AvgIpc) is 2.42. The van der Waals surface area contributed by atoms with Gasteiger partial charge in [0.05, 0.1) is 17.8 Å². The third-order valence-corrected chi connectivity index (χ3v) is 3.94. The third-order valence-electron chi connectivity index (χ3n) is 2.78. The Morgan fingerprint density at radius 2 is 1.95 bits per heavy atom. The SMILES string of the molecule is COc1ccc(NC(=S)Nc2ccc(C)cc2Br)cc1Cl. The van der Waals surface area contributed by atoms with Crippen LogP contribution in [0.1, 0.15) is 5.56 Å². The lowest BCUT2D eigenvalue weighted by Gasteiger charge is -2.13. The second-order valence-electron chi connectivity index (χ2n) is 4.41. The van der Waals surface area contributed by atoms with Gasteiger partial charge in [0.2, 0.25) is 0 Å². The molecule has 2 aromatic rings. The van der Waals surface area contributed by atoms with Gasteiger partial charge in [-0.25, -0.2) is 0 Å². The number of halogens is 2. The molecule has 21 heavy (non-hydrogen) atoms. The molecule has 110 valence electrons. The van der Waals surface area contributed by atoms with E-state index in [9.17, 15) is 0 Å². The molecule has 2 N–H and O–H groups in total. The molecule has 3 nitrogen and oxygen atoms in total. The van der Waals surface area contributed by atoms with E-state index < -0.39 is 0 Å². The van der Waals surface area contributed by atoms with Crippen LogP contribution in [0.25, 0.3) is 0 Å². The van der Waals surface area contributed by atoms with Crippen molar-refractivity contribution in [2.24, 2.45) is 0 Å². The minimum absolute atomic E-state index is 0.487. The van der Waals surface area contributed by atoms with Gasteiger partial charge in [0, 0.05) is 10.2 Å². The fourth-order valence-corrected chi connectivity index (χ4v) is 2.83. The summed E-state index contributed by atoms with van der Waals surface area (Å²) in [6, 6.07) is 11.4. The molecule has 0 radical (unpaired) electrons. The highest BCUT2D eigenvalue weighted by Gasteiger charge is 2.05. The lowest BCUT2D eigenvalue weighted by molar-refractivity contribution is 0.415. The summed E-state index contributed by atoms with van der Waals surface area (Å²) >= 11 is 14.9. The van der Waals surface area contributed by atoms with Gasteiger partial charge in [-0.05, 0) is 71.0 Å². The van der Waals surface area contributed by atoms with Gasteiger partial charge in [-0.3, -0.25) is 0 Å². The lowest BCUT2D eigenvalue weighted by atomic mass is 10.2. The van der Waals surface area contributed by atoms with Crippen molar-refractivity contribution < 1.29 is 4.74 Å². The van der Waals surface area contributed by atoms with E-state index in [0.29, 0.717) is 15.9 Å². The van der Waals surface area contributed by atoms with Crippen molar-refractivity contribution >= 4 is 56.2 Å². The van der Waals surface area contributed by atoms with Gasteiger partial charge >= 0.3 is 0 Å². The lowest BCUT2D eigenvalue weighted by Crippen LogP contribution is -2.19. The van der Waals surface area contributed by atoms with Crippen LogP contribution in [0.3, 0.4) is 0 Å². The molecule has 0 saturated carbocycles. The first-order valence-corrected chi connectivity index (χ1v) is 7.75. The molecule has 2 rings (SSSR count). The molecule has 0 aliphatic rings. The summed E-state index contributed by atoms with van der Waals surface area (Å²) in [4.78, 5) is 0. The number of ether oxygens (including phenoxy) is 1. The van der Waals surface area contributed by atoms with Crippen LogP contribution >= 0.6 is 39.7 Å². The molecule has 0 amide bonds. The molecule has 2 aromatic carbocycles. The van der Waals surface area contributed by atoms with Gasteiger partial charge in [0.1, 0.15) is 5.75 Å². The zero-order valence-corrected chi connectivity index (χ0v) is 14.7. The summed E-state index contributed by atoms with van der Waals surface area (Å²) in [5.41, 5.74) is 2.87. The normalized spacial score (nSPS) is 10.1. The number of hydrogen-bond donors (Lipinski definition) is 2. The van der Waals surface area contributed by atoms with Gasteiger partial charge in [0.25, 0.3) is 0 Å². The van der Waals surface area contributed by atoms with Crippen LogP contribution in [0.15, 0.2) is 40.9 Å². The van der Waals surface area contributed by atoms with Crippen molar-refractivity contribution in [2.45, 2.75) is 6.92 Å². The molecule has 0 unspecified atom stereocenters. The number of hydrogen-bond acceptors (Lipinski definition) is 2. The Morgan fingerprint density at radius 1 is 1.19 bits per heavy atom. The van der Waals surface area contributed by atoms with Crippen LogP contribution in [0.5, 0.6) is 5.75 Å². The van der Waals surface area contributed by atoms with Gasteiger partial charge < -0.3 is 15.4 Å². The monoisotopic (exact) mass is 384 g/mol. The minimum atomic E-state index is 0.487. The van der Waals surface area contributed by atoms with E-state index in [1.165, 1.54) is 5.56 Å². The maximum atomic E-state index is 6.08. The van der Waals surface area contributed by atoms with E-state index >= 15 is 0 Å². The third kappa shape index (κ3) is 4.33. The zero-order chi connectivity index (χ0) is 15.4. The van der Waals surface area contributed by atoms with Gasteiger partial charge in [0.15, 0.2) is 5.11 Å². The van der Waals surface area contributed by atoms with Crippen molar-refractivity contribution in [3.05, 3.63) is 51.5 Å². The summed E-state index contributed by atoms with van der Waals surface area (Å²) in [7, 11) is 1.58. The quantitative estimate of drug-likeness (QED) is 0.709. The Balaban J connectivity index is 2.06. The van der Waals surface area contributed by atoms with Crippen LogP contribution in [0, 0.1) is 6.92 Å². The Morgan fingerprint density at radius 3 is 2.57 bits per heavy atom. The van der Waals surface area contributed by atoms with Crippen LogP contribution < -0.4 is 15.4 Å². The van der Waals surface area contributed by atoms with E-state index in [4.69, 9.17) is 28.6 Å². The predicted octanol–water partition coefficient (Wildman–Crippen LogP) is 5.23. The first-order chi connectivity index (χ1) is 9.99. The summed E-state index contributed by atoms with van der Waals surface area (Å²) in [6.07, 6.45) is 0. The van der Waals surface area contributed by atoms with E-state index in [0.717, 1.165) is 15.8 Å². The van der Waals surface area contributed by atoms with E-state index in [-0.39, 0.29) is 0 Å². The molecular weight excluding hydrogens is 372 g/mol. The molecule has 0 spiro atoms. The number of aryl methyl sites for hydroxylation is 1. The second kappa shape index (κ2) is 7.11. The molecule has 0 bridgehead atoms. The van der Waals surface area contributed by atoms with Crippen LogP contribution in [0.4, 0.5) is 11.4 Å². The Hall–Kier alpha value is -1.30. The highest BCUT2D eigenvalue weighted by atomic mass is 79.9. The van der Waals surface area contributed by atoms with Crippen LogP contribution in [-0.2, 0) is 0 Å². The number of thiocarbonyl (C=S) groups is 1. The van der Waals surface area contributed by atoms with E-state index in [1.807, 2.05) is 31.2 Å². The van der Waals surface area contributed by atoms with Crippen molar-refractivity contribution in [3.8, 4) is 5.75 Å². The van der Waals surface area contributed by atoms with Crippen molar-refractivity contribution in [1.29, 1.82) is 0 Å². The van der Waals surface area contributed by atoms with Crippen LogP contribution in [-0.4, -0.2) is 12.2 Å². The average molecular weight is 386 g/mol. The molecular formula is C15H14BrClN2OS. The predicted molar refractivity (Wildman–Crippen MR) is 96.7 cm³/mol. The summed E-state index contributed by atoms with van der Waals surface area (Å²) < 4.78 is 6.07. The highest BCUT2D eigenvalue weighted by Crippen LogP contribution is 2.28. The Bertz CT molecular complexity index is 679. The van der Waals surface area contributed by atoms with Gasteiger partial charge in [-0.1, -0.05) is 17.7 Å². The summed E-state index contributed by atoms with van der Waals surface area (Å²) in [5.74, 6) is 0.627. The van der Waals surface area contributed by atoms with Crippen LogP contribution in [0.2, 0.25) is 5.02 Å². The molecule has 0 aliphatic heterocycles. The Kier molecular flexibility index (Phi) is 5.45. The number of benzene rings is 2. The maximum absolute atomic E-state index is 6.08. The largest absolute Gasteiger partial charge is 0.495 e. The smallest absolute Gasteiger partial charge is 0.175 e. The fraction of sp³-hybridized carbons (Fsp3) is 0.133. The van der Waals surface area contributed by atoms with Crippen molar-refractivity contribution in [3.63, 3.8) is 0 Å². The van der Waals surface area contributed by atoms with Gasteiger partial charge in [-0.15, -0.1) is 0 Å². The van der Waals surface area contributed by atoms with E-state index in [1.54, 1.807) is 19.2 Å². The molecule has 0 saturated heterocycles. The number of anilines is 2. The standard InChI is InChI=1S/C15H14BrClN2OS/c1-9-3-5-13(11(16)7-9)19-15(21)18-10-4-6-14(20-2)12(17)8-10/h3-8H,1-2H3,(H2,18,19,21). The molecule has 0 aromatic heterocycles. The summed E-state index contributed by atoms with van der Waals surface area (Å²) in [6.45, 7) is 2.03. The van der Waals surface area contributed by atoms with Crippen molar-refractivity contribution in [2.75, 3.05) is 17.7 Å². The van der Waals surface area contributed by atoms with Gasteiger partial charge in [-0.2, -0.15) is 0 Å². The number of methoxy groups -OCH3 is 1. The molecule has 0 atom stereocenters. The highest BCUT2D eigenvalue weighted by molar-refractivity contribution is 9.10. The topological polar surface area (TPSA) is 33.3 Å². The van der Waals surface area contributed by atoms with Crippen molar-refractivity contribution in [1.82, 2.24) is 0 Å². The summed E-state index contributed by atoms with van der Waals surface area (Å²) in [5, 5.41) is 7.23. The maximum Gasteiger partial charge on any atom is 0.175 e. The fourth-order valence-electron chi connectivity index (χ4n) is 1.75. The number of nitrogens with one attached hydrogen (secondary N) is 2. The molecule has 6 heteroatoms. The zero-order valence-electron chi connectivity index (χ0n) is 11.5. The Labute approximate surface area is 142 Å². The second-order valence-corrected chi connectivity index (χ2v) is 6.08. The first-order valence-electron chi connectivity index (χ1n) is 6.17. The minimum Gasteiger partial charge on any atom is -0.495 e.